The number of carbonyl (C=O) groups is 1. The highest BCUT2D eigenvalue weighted by Crippen LogP contribution is 2.48. The first kappa shape index (κ1) is 12.4. The van der Waals surface area contributed by atoms with Gasteiger partial charge < -0.3 is 4.74 Å². The van der Waals surface area contributed by atoms with Gasteiger partial charge in [0.2, 0.25) is 0 Å². The summed E-state index contributed by atoms with van der Waals surface area (Å²) in [6.07, 6.45) is 4.26. The molecule has 1 spiro atoms. The second-order valence-corrected chi connectivity index (χ2v) is 6.94. The van der Waals surface area contributed by atoms with Crippen LogP contribution in [-0.4, -0.2) is 16.4 Å². The number of hydrogen-bond donors (Lipinski definition) is 0. The lowest BCUT2D eigenvalue weighted by atomic mass is 9.73. The number of alkyl halides is 1. The SMILES string of the molecule is CC1C[C@]2(CC[C@H](C(C)C)C[C@H]2Br)OC1=O. The monoisotopic (exact) mass is 288 g/mol. The molecule has 0 aromatic rings. The van der Waals surface area contributed by atoms with Gasteiger partial charge in [0.1, 0.15) is 5.60 Å². The van der Waals surface area contributed by atoms with Crippen LogP contribution in [0.2, 0.25) is 0 Å². The highest BCUT2D eigenvalue weighted by molar-refractivity contribution is 9.09. The van der Waals surface area contributed by atoms with E-state index < -0.39 is 0 Å². The quantitative estimate of drug-likeness (QED) is 0.545. The average molecular weight is 289 g/mol. The summed E-state index contributed by atoms with van der Waals surface area (Å²) >= 11 is 3.76. The molecular formula is C13H21BrO2. The van der Waals surface area contributed by atoms with Crippen molar-refractivity contribution in [2.45, 2.75) is 56.9 Å². The van der Waals surface area contributed by atoms with Gasteiger partial charge in [-0.25, -0.2) is 0 Å². The van der Waals surface area contributed by atoms with Crippen molar-refractivity contribution in [2.75, 3.05) is 0 Å². The van der Waals surface area contributed by atoms with Gasteiger partial charge >= 0.3 is 5.97 Å². The van der Waals surface area contributed by atoms with Crippen molar-refractivity contribution in [1.29, 1.82) is 0 Å². The Morgan fingerprint density at radius 3 is 2.62 bits per heavy atom. The molecule has 0 bridgehead atoms. The van der Waals surface area contributed by atoms with Gasteiger partial charge in [0.25, 0.3) is 0 Å². The van der Waals surface area contributed by atoms with Crippen LogP contribution in [0.25, 0.3) is 0 Å². The molecule has 92 valence electrons. The Morgan fingerprint density at radius 2 is 2.19 bits per heavy atom. The van der Waals surface area contributed by atoms with E-state index in [1.165, 1.54) is 6.42 Å². The Morgan fingerprint density at radius 1 is 1.50 bits per heavy atom. The van der Waals surface area contributed by atoms with Gasteiger partial charge in [-0.2, -0.15) is 0 Å². The number of carbonyl (C=O) groups excluding carboxylic acids is 1. The number of halogens is 1. The van der Waals surface area contributed by atoms with Gasteiger partial charge in [0, 0.05) is 6.42 Å². The maximum atomic E-state index is 11.6. The van der Waals surface area contributed by atoms with Crippen LogP contribution < -0.4 is 0 Å². The summed E-state index contributed by atoms with van der Waals surface area (Å²) in [7, 11) is 0. The molecule has 0 N–H and O–H groups in total. The minimum Gasteiger partial charge on any atom is -0.458 e. The largest absolute Gasteiger partial charge is 0.458 e. The normalized spacial score (nSPS) is 44.1. The molecule has 0 aromatic heterocycles. The van der Waals surface area contributed by atoms with Gasteiger partial charge in [0.15, 0.2) is 0 Å². The summed E-state index contributed by atoms with van der Waals surface area (Å²) in [6, 6.07) is 0. The Labute approximate surface area is 106 Å². The third kappa shape index (κ3) is 2.03. The van der Waals surface area contributed by atoms with Crippen molar-refractivity contribution in [3.05, 3.63) is 0 Å². The number of hydrogen-bond acceptors (Lipinski definition) is 2. The average Bonchev–Trinajstić information content (AvgIpc) is 2.48. The third-order valence-corrected chi connectivity index (χ3v) is 5.53. The smallest absolute Gasteiger partial charge is 0.309 e. The van der Waals surface area contributed by atoms with Crippen LogP contribution in [-0.2, 0) is 9.53 Å². The summed E-state index contributed by atoms with van der Waals surface area (Å²) < 4.78 is 5.66. The third-order valence-electron chi connectivity index (χ3n) is 4.32. The molecule has 0 amide bonds. The summed E-state index contributed by atoms with van der Waals surface area (Å²) in [5, 5.41) is 0. The fourth-order valence-corrected chi connectivity index (χ4v) is 4.07. The van der Waals surface area contributed by atoms with Crippen LogP contribution >= 0.6 is 15.9 Å². The highest BCUT2D eigenvalue weighted by atomic mass is 79.9. The van der Waals surface area contributed by atoms with Crippen molar-refractivity contribution >= 4 is 21.9 Å². The van der Waals surface area contributed by atoms with E-state index in [0.717, 1.165) is 31.1 Å². The molecule has 1 saturated carbocycles. The molecule has 1 unspecified atom stereocenters. The molecule has 0 aromatic carbocycles. The lowest BCUT2D eigenvalue weighted by Gasteiger charge is -2.41. The minimum atomic E-state index is -0.193. The second kappa shape index (κ2) is 4.32. The first-order chi connectivity index (χ1) is 7.44. The standard InChI is InChI=1S/C13H21BrO2/c1-8(2)10-4-5-13(11(14)6-10)7-9(3)12(15)16-13/h8-11H,4-7H2,1-3H3/t9?,10-,11+,13-/m0/s1. The zero-order chi connectivity index (χ0) is 11.9. The van der Waals surface area contributed by atoms with Crippen LogP contribution in [0.5, 0.6) is 0 Å². The van der Waals surface area contributed by atoms with Gasteiger partial charge in [-0.1, -0.05) is 36.7 Å². The molecule has 1 aliphatic heterocycles. The maximum Gasteiger partial charge on any atom is 0.309 e. The first-order valence-corrected chi connectivity index (χ1v) is 7.23. The van der Waals surface area contributed by atoms with Gasteiger partial charge in [0.05, 0.1) is 10.7 Å². The Balaban J connectivity index is 2.07. The molecule has 1 heterocycles. The second-order valence-electron chi connectivity index (χ2n) is 5.84. The highest BCUT2D eigenvalue weighted by Gasteiger charge is 2.52. The zero-order valence-electron chi connectivity index (χ0n) is 10.3. The Kier molecular flexibility index (Phi) is 3.35. The molecule has 2 nitrogen and oxygen atoms in total. The van der Waals surface area contributed by atoms with Crippen LogP contribution in [0, 0.1) is 17.8 Å². The van der Waals surface area contributed by atoms with E-state index in [-0.39, 0.29) is 17.5 Å². The lowest BCUT2D eigenvalue weighted by molar-refractivity contribution is -0.152. The van der Waals surface area contributed by atoms with Crippen molar-refractivity contribution in [3.63, 3.8) is 0 Å². The first-order valence-electron chi connectivity index (χ1n) is 6.31. The molecule has 1 aliphatic carbocycles. The molecule has 2 fully saturated rings. The molecule has 1 saturated heterocycles. The summed E-state index contributed by atoms with van der Waals surface area (Å²) in [4.78, 5) is 11.9. The predicted octanol–water partition coefficient (Wildman–Crippen LogP) is 3.53. The summed E-state index contributed by atoms with van der Waals surface area (Å²) in [6.45, 7) is 6.54. The summed E-state index contributed by atoms with van der Waals surface area (Å²) in [5.41, 5.74) is -0.193. The van der Waals surface area contributed by atoms with Crippen molar-refractivity contribution in [2.24, 2.45) is 17.8 Å². The molecule has 3 heteroatoms. The topological polar surface area (TPSA) is 26.3 Å². The van der Waals surface area contributed by atoms with Gasteiger partial charge in [-0.3, -0.25) is 4.79 Å². The van der Waals surface area contributed by atoms with Crippen molar-refractivity contribution in [3.8, 4) is 0 Å². The van der Waals surface area contributed by atoms with E-state index in [4.69, 9.17) is 4.74 Å². The molecule has 4 atom stereocenters. The van der Waals surface area contributed by atoms with Crippen LogP contribution in [0.4, 0.5) is 0 Å². The van der Waals surface area contributed by atoms with E-state index in [1.54, 1.807) is 0 Å². The molecular weight excluding hydrogens is 268 g/mol. The number of esters is 1. The fraction of sp³-hybridized carbons (Fsp3) is 0.923. The van der Waals surface area contributed by atoms with E-state index >= 15 is 0 Å². The minimum absolute atomic E-state index is 0.00699. The summed E-state index contributed by atoms with van der Waals surface area (Å²) in [5.74, 6) is 1.57. The van der Waals surface area contributed by atoms with E-state index in [9.17, 15) is 4.79 Å². The van der Waals surface area contributed by atoms with Crippen molar-refractivity contribution in [1.82, 2.24) is 0 Å². The zero-order valence-corrected chi connectivity index (χ0v) is 11.9. The maximum absolute atomic E-state index is 11.6. The van der Waals surface area contributed by atoms with Crippen molar-refractivity contribution < 1.29 is 9.53 Å². The van der Waals surface area contributed by atoms with E-state index in [1.807, 2.05) is 6.92 Å². The Bertz CT molecular complexity index is 290. The molecule has 0 radical (unpaired) electrons. The van der Waals surface area contributed by atoms with E-state index in [2.05, 4.69) is 29.8 Å². The van der Waals surface area contributed by atoms with Crippen LogP contribution in [0.15, 0.2) is 0 Å². The molecule has 16 heavy (non-hydrogen) atoms. The number of ether oxygens (including phenoxy) is 1. The molecule has 2 aliphatic rings. The van der Waals surface area contributed by atoms with E-state index in [0.29, 0.717) is 4.83 Å². The lowest BCUT2D eigenvalue weighted by Crippen LogP contribution is -2.44. The fourth-order valence-electron chi connectivity index (χ4n) is 3.08. The van der Waals surface area contributed by atoms with Gasteiger partial charge in [-0.05, 0) is 31.1 Å². The van der Waals surface area contributed by atoms with Gasteiger partial charge in [-0.15, -0.1) is 0 Å². The van der Waals surface area contributed by atoms with Crippen LogP contribution in [0.3, 0.4) is 0 Å². The van der Waals surface area contributed by atoms with Crippen LogP contribution in [0.1, 0.15) is 46.5 Å². The number of rotatable bonds is 1. The predicted molar refractivity (Wildman–Crippen MR) is 67.5 cm³/mol. The Hall–Kier alpha value is -0.0500. The molecule has 2 rings (SSSR count).